The first-order valence-corrected chi connectivity index (χ1v) is 8.81. The lowest BCUT2D eigenvalue weighted by molar-refractivity contribution is 0.258. The number of guanidine groups is 1. The van der Waals surface area contributed by atoms with E-state index in [0.29, 0.717) is 24.9 Å². The van der Waals surface area contributed by atoms with E-state index in [-0.39, 0.29) is 6.04 Å². The Balaban J connectivity index is 1.54. The smallest absolute Gasteiger partial charge is 0.226 e. The van der Waals surface area contributed by atoms with Crippen LogP contribution in [-0.2, 0) is 6.54 Å². The largest absolute Gasteiger partial charge is 0.468 e. The van der Waals surface area contributed by atoms with Crippen LogP contribution in [0.2, 0.25) is 0 Å². The average Bonchev–Trinajstić information content (AvgIpc) is 3.37. The van der Waals surface area contributed by atoms with Gasteiger partial charge in [0.05, 0.1) is 24.5 Å². The van der Waals surface area contributed by atoms with Gasteiger partial charge in [0.2, 0.25) is 5.89 Å². The third-order valence-corrected chi connectivity index (χ3v) is 4.19. The summed E-state index contributed by atoms with van der Waals surface area (Å²) in [4.78, 5) is 10.9. The van der Waals surface area contributed by atoms with Crippen molar-refractivity contribution in [2.45, 2.75) is 12.6 Å². The molecular weight excluding hydrogens is 342 g/mol. The van der Waals surface area contributed by atoms with Crippen molar-refractivity contribution >= 4 is 5.96 Å². The summed E-state index contributed by atoms with van der Waals surface area (Å²) in [5.41, 5.74) is 1.77. The van der Waals surface area contributed by atoms with Gasteiger partial charge in [-0.25, -0.2) is 4.98 Å². The van der Waals surface area contributed by atoms with Crippen LogP contribution in [0.1, 0.15) is 17.5 Å². The molecule has 0 aliphatic carbocycles. The Morgan fingerprint density at radius 3 is 2.59 bits per heavy atom. The van der Waals surface area contributed by atoms with Gasteiger partial charge >= 0.3 is 0 Å². The summed E-state index contributed by atoms with van der Waals surface area (Å²) < 4.78 is 11.1. The molecule has 3 aromatic rings. The summed E-state index contributed by atoms with van der Waals surface area (Å²) in [5, 5.41) is 6.58. The molecule has 1 atom stereocenters. The Hall–Kier alpha value is -3.06. The molecule has 0 aliphatic rings. The molecule has 7 heteroatoms. The van der Waals surface area contributed by atoms with E-state index in [2.05, 4.69) is 25.5 Å². The predicted molar refractivity (Wildman–Crippen MR) is 105 cm³/mol. The van der Waals surface area contributed by atoms with Crippen LogP contribution in [0.4, 0.5) is 0 Å². The molecule has 2 N–H and O–H groups in total. The van der Waals surface area contributed by atoms with E-state index in [9.17, 15) is 0 Å². The van der Waals surface area contributed by atoms with Crippen molar-refractivity contribution in [2.75, 3.05) is 27.7 Å². The van der Waals surface area contributed by atoms with Crippen molar-refractivity contribution < 1.29 is 8.83 Å². The summed E-state index contributed by atoms with van der Waals surface area (Å²) in [6.07, 6.45) is 3.35. The zero-order valence-electron chi connectivity index (χ0n) is 15.8. The number of rotatable bonds is 7. The highest BCUT2D eigenvalue weighted by atomic mass is 16.3. The van der Waals surface area contributed by atoms with Gasteiger partial charge in [-0.2, -0.15) is 0 Å². The number of oxazole rings is 1. The topological polar surface area (TPSA) is 78.8 Å². The third kappa shape index (κ3) is 4.98. The molecule has 0 spiro atoms. The third-order valence-electron chi connectivity index (χ3n) is 4.19. The summed E-state index contributed by atoms with van der Waals surface area (Å²) in [7, 11) is 5.78. The number of aliphatic imine (C=N–C) groups is 1. The molecule has 1 unspecified atom stereocenters. The lowest BCUT2D eigenvalue weighted by Gasteiger charge is -2.23. The van der Waals surface area contributed by atoms with Crippen LogP contribution in [0, 0.1) is 0 Å². The molecule has 2 aromatic heterocycles. The highest BCUT2D eigenvalue weighted by molar-refractivity contribution is 5.79. The first-order chi connectivity index (χ1) is 13.2. The van der Waals surface area contributed by atoms with Gasteiger partial charge in [0.15, 0.2) is 5.96 Å². The van der Waals surface area contributed by atoms with E-state index in [0.717, 1.165) is 17.0 Å². The maximum Gasteiger partial charge on any atom is 0.226 e. The molecule has 0 fully saturated rings. The Bertz CT molecular complexity index is 840. The second-order valence-corrected chi connectivity index (χ2v) is 6.31. The van der Waals surface area contributed by atoms with Crippen molar-refractivity contribution in [1.82, 2.24) is 20.5 Å². The number of benzene rings is 1. The SMILES string of the molecule is CN=C(NCc1coc(-c2ccccc2)n1)NCC(c1ccco1)N(C)C. The lowest BCUT2D eigenvalue weighted by atomic mass is 10.2. The summed E-state index contributed by atoms with van der Waals surface area (Å²) in [5.74, 6) is 2.21. The lowest BCUT2D eigenvalue weighted by Crippen LogP contribution is -2.41. The molecule has 3 rings (SSSR count). The van der Waals surface area contributed by atoms with Crippen LogP contribution in [0.3, 0.4) is 0 Å². The molecule has 0 amide bonds. The van der Waals surface area contributed by atoms with Gasteiger partial charge in [-0.15, -0.1) is 0 Å². The number of nitrogens with zero attached hydrogens (tertiary/aromatic N) is 3. The highest BCUT2D eigenvalue weighted by Crippen LogP contribution is 2.18. The molecule has 0 bridgehead atoms. The molecule has 0 aliphatic heterocycles. The van der Waals surface area contributed by atoms with Gasteiger partial charge in [0.25, 0.3) is 0 Å². The van der Waals surface area contributed by atoms with Crippen molar-refractivity contribution in [3.05, 3.63) is 66.4 Å². The van der Waals surface area contributed by atoms with E-state index in [1.807, 2.05) is 56.6 Å². The number of nitrogens with one attached hydrogen (secondary N) is 2. The molecule has 142 valence electrons. The molecular formula is C20H25N5O2. The second kappa shape index (κ2) is 9.05. The van der Waals surface area contributed by atoms with Crippen LogP contribution in [0.25, 0.3) is 11.5 Å². The van der Waals surface area contributed by atoms with E-state index in [1.165, 1.54) is 0 Å². The molecule has 27 heavy (non-hydrogen) atoms. The van der Waals surface area contributed by atoms with Crippen LogP contribution >= 0.6 is 0 Å². The number of likely N-dealkylation sites (N-methyl/N-ethyl adjacent to an activating group) is 1. The molecule has 7 nitrogen and oxygen atoms in total. The summed E-state index contributed by atoms with van der Waals surface area (Å²) in [6, 6.07) is 13.8. The van der Waals surface area contributed by atoms with Crippen LogP contribution in [-0.4, -0.2) is 43.5 Å². The maximum atomic E-state index is 5.56. The predicted octanol–water partition coefficient (Wildman–Crippen LogP) is 2.90. The maximum absolute atomic E-state index is 5.56. The molecule has 2 heterocycles. The van der Waals surface area contributed by atoms with Gasteiger partial charge in [-0.1, -0.05) is 18.2 Å². The first-order valence-electron chi connectivity index (χ1n) is 8.81. The zero-order chi connectivity index (χ0) is 19.1. The number of hydrogen-bond donors (Lipinski definition) is 2. The van der Waals surface area contributed by atoms with Crippen molar-refractivity contribution in [3.8, 4) is 11.5 Å². The summed E-state index contributed by atoms with van der Waals surface area (Å²) in [6.45, 7) is 1.18. The number of aromatic nitrogens is 1. The average molecular weight is 367 g/mol. The van der Waals surface area contributed by atoms with Crippen molar-refractivity contribution in [2.24, 2.45) is 4.99 Å². The first kappa shape index (κ1) is 18.7. The van der Waals surface area contributed by atoms with E-state index >= 15 is 0 Å². The van der Waals surface area contributed by atoms with Gasteiger partial charge in [-0.05, 0) is 38.4 Å². The Morgan fingerprint density at radius 2 is 1.93 bits per heavy atom. The van der Waals surface area contributed by atoms with E-state index in [1.54, 1.807) is 19.6 Å². The summed E-state index contributed by atoms with van der Waals surface area (Å²) >= 11 is 0. The van der Waals surface area contributed by atoms with Gasteiger partial charge < -0.3 is 19.5 Å². The van der Waals surface area contributed by atoms with Gasteiger partial charge in [0, 0.05) is 19.2 Å². The fourth-order valence-corrected chi connectivity index (χ4v) is 2.71. The minimum atomic E-state index is 0.107. The van der Waals surface area contributed by atoms with Gasteiger partial charge in [0.1, 0.15) is 12.0 Å². The minimum Gasteiger partial charge on any atom is -0.468 e. The molecule has 0 saturated carbocycles. The van der Waals surface area contributed by atoms with Crippen LogP contribution in [0.15, 0.2) is 68.8 Å². The number of furan rings is 1. The Labute approximate surface area is 159 Å². The Morgan fingerprint density at radius 1 is 1.11 bits per heavy atom. The van der Waals surface area contributed by atoms with E-state index < -0.39 is 0 Å². The standard InChI is InChI=1S/C20H25N5O2/c1-21-20(23-13-17(25(2)3)18-10-7-11-26-18)22-12-16-14-27-19(24-16)15-8-5-4-6-9-15/h4-11,14,17H,12-13H2,1-3H3,(H2,21,22,23). The second-order valence-electron chi connectivity index (χ2n) is 6.31. The normalized spacial score (nSPS) is 13.0. The van der Waals surface area contributed by atoms with Crippen molar-refractivity contribution in [3.63, 3.8) is 0 Å². The highest BCUT2D eigenvalue weighted by Gasteiger charge is 2.17. The molecule has 0 radical (unpaired) electrons. The van der Waals surface area contributed by atoms with E-state index in [4.69, 9.17) is 8.83 Å². The fourth-order valence-electron chi connectivity index (χ4n) is 2.71. The molecule has 1 aromatic carbocycles. The minimum absolute atomic E-state index is 0.107. The monoisotopic (exact) mass is 367 g/mol. The van der Waals surface area contributed by atoms with Crippen LogP contribution in [0.5, 0.6) is 0 Å². The van der Waals surface area contributed by atoms with Crippen molar-refractivity contribution in [1.29, 1.82) is 0 Å². The Kier molecular flexibility index (Phi) is 6.27. The fraction of sp³-hybridized carbons (Fsp3) is 0.300. The van der Waals surface area contributed by atoms with Gasteiger partial charge in [-0.3, -0.25) is 9.89 Å². The quantitative estimate of drug-likeness (QED) is 0.494. The van der Waals surface area contributed by atoms with Crippen LogP contribution < -0.4 is 10.6 Å². The zero-order valence-corrected chi connectivity index (χ0v) is 15.8. The molecule has 0 saturated heterocycles. The number of hydrogen-bond acceptors (Lipinski definition) is 5.